The van der Waals surface area contributed by atoms with E-state index in [2.05, 4.69) is 10.3 Å². The van der Waals surface area contributed by atoms with Gasteiger partial charge in [-0.2, -0.15) is 0 Å². The van der Waals surface area contributed by atoms with Crippen molar-refractivity contribution < 1.29 is 4.79 Å². The Bertz CT molecular complexity index is 425. The Morgan fingerprint density at radius 3 is 3.06 bits per heavy atom. The summed E-state index contributed by atoms with van der Waals surface area (Å²) in [4.78, 5) is 18.5. The van der Waals surface area contributed by atoms with E-state index in [1.807, 2.05) is 17.3 Å². The van der Waals surface area contributed by atoms with Crippen molar-refractivity contribution in [1.82, 2.24) is 15.2 Å². The summed E-state index contributed by atoms with van der Waals surface area (Å²) in [6.45, 7) is 2.79. The van der Waals surface area contributed by atoms with Crippen LogP contribution < -0.4 is 5.32 Å². The Kier molecular flexibility index (Phi) is 3.11. The van der Waals surface area contributed by atoms with Crippen molar-refractivity contribution in [3.05, 3.63) is 16.6 Å². The smallest absolute Gasteiger partial charge is 0.226 e. The van der Waals surface area contributed by atoms with Gasteiger partial charge < -0.3 is 10.2 Å². The Morgan fingerprint density at radius 1 is 1.61 bits per heavy atom. The highest BCUT2D eigenvalue weighted by Gasteiger charge is 2.58. The zero-order chi connectivity index (χ0) is 12.6. The summed E-state index contributed by atoms with van der Waals surface area (Å²) in [6.07, 6.45) is 5.21. The maximum absolute atomic E-state index is 12.4. The third-order valence-electron chi connectivity index (χ3n) is 4.32. The van der Waals surface area contributed by atoms with Crippen molar-refractivity contribution >= 4 is 17.2 Å². The van der Waals surface area contributed by atoms with E-state index in [0.29, 0.717) is 17.9 Å². The molecule has 1 spiro atoms. The zero-order valence-electron chi connectivity index (χ0n) is 10.7. The minimum atomic E-state index is 0.268. The number of carbonyl (C=O) groups excluding carboxylic acids is 1. The molecule has 1 saturated heterocycles. The number of hydrogen-bond donors (Lipinski definition) is 1. The van der Waals surface area contributed by atoms with Gasteiger partial charge in [0.1, 0.15) is 5.01 Å². The molecule has 4 nitrogen and oxygen atoms in total. The van der Waals surface area contributed by atoms with Gasteiger partial charge in [-0.25, -0.2) is 4.98 Å². The number of nitrogens with one attached hydrogen (secondary N) is 1. The van der Waals surface area contributed by atoms with Crippen LogP contribution in [0.15, 0.2) is 11.6 Å². The van der Waals surface area contributed by atoms with Crippen molar-refractivity contribution in [2.75, 3.05) is 20.1 Å². The molecule has 1 aromatic rings. The molecule has 0 bridgehead atoms. The first-order valence-corrected chi connectivity index (χ1v) is 7.43. The topological polar surface area (TPSA) is 45.2 Å². The lowest BCUT2D eigenvalue weighted by atomic mass is 9.91. The Labute approximate surface area is 111 Å². The summed E-state index contributed by atoms with van der Waals surface area (Å²) >= 11 is 1.61. The van der Waals surface area contributed by atoms with E-state index >= 15 is 0 Å². The van der Waals surface area contributed by atoms with E-state index in [1.165, 1.54) is 0 Å². The number of carbonyl (C=O) groups is 1. The molecule has 2 heterocycles. The molecule has 1 saturated carbocycles. The van der Waals surface area contributed by atoms with Gasteiger partial charge >= 0.3 is 0 Å². The summed E-state index contributed by atoms with van der Waals surface area (Å²) in [7, 11) is 1.90. The molecular weight excluding hydrogens is 246 g/mol. The summed E-state index contributed by atoms with van der Waals surface area (Å²) in [6, 6.07) is 0. The van der Waals surface area contributed by atoms with Gasteiger partial charge in [0.25, 0.3) is 0 Å². The third kappa shape index (κ3) is 2.17. The number of piperidine rings is 1. The van der Waals surface area contributed by atoms with Crippen LogP contribution >= 0.6 is 11.3 Å². The molecule has 1 atom stereocenters. The molecule has 1 aliphatic carbocycles. The number of amides is 1. The summed E-state index contributed by atoms with van der Waals surface area (Å²) in [5.74, 6) is 0.580. The number of nitrogens with zero attached hydrogens (tertiary/aromatic N) is 2. The van der Waals surface area contributed by atoms with Crippen LogP contribution in [0.4, 0.5) is 0 Å². The number of thiazole rings is 1. The molecule has 0 aromatic carbocycles. The molecule has 1 aromatic heterocycles. The molecule has 5 heteroatoms. The van der Waals surface area contributed by atoms with Crippen LogP contribution in [0.25, 0.3) is 0 Å². The van der Waals surface area contributed by atoms with E-state index in [0.717, 1.165) is 37.4 Å². The largest absolute Gasteiger partial charge is 0.339 e. The second-order valence-corrected chi connectivity index (χ2v) is 6.47. The van der Waals surface area contributed by atoms with Crippen molar-refractivity contribution in [2.24, 2.45) is 11.3 Å². The maximum Gasteiger partial charge on any atom is 0.226 e. The summed E-state index contributed by atoms with van der Waals surface area (Å²) in [5, 5.41) is 6.35. The number of aromatic nitrogens is 1. The van der Waals surface area contributed by atoms with Crippen LogP contribution in [-0.2, 0) is 11.3 Å². The van der Waals surface area contributed by atoms with Crippen molar-refractivity contribution in [3.8, 4) is 0 Å². The molecule has 3 rings (SSSR count). The predicted octanol–water partition coefficient (Wildman–Crippen LogP) is 1.49. The first-order valence-electron chi connectivity index (χ1n) is 6.55. The van der Waals surface area contributed by atoms with Gasteiger partial charge in [-0.15, -0.1) is 11.3 Å². The van der Waals surface area contributed by atoms with Gasteiger partial charge in [0.05, 0.1) is 6.54 Å². The van der Waals surface area contributed by atoms with Crippen LogP contribution in [0.3, 0.4) is 0 Å². The molecule has 1 unspecified atom stereocenters. The van der Waals surface area contributed by atoms with Gasteiger partial charge in [-0.1, -0.05) is 0 Å². The van der Waals surface area contributed by atoms with Gasteiger partial charge in [-0.3, -0.25) is 4.79 Å². The average Bonchev–Trinajstić information content (AvgIpc) is 2.84. The highest BCUT2D eigenvalue weighted by atomic mass is 32.1. The first-order chi connectivity index (χ1) is 8.71. The highest BCUT2D eigenvalue weighted by molar-refractivity contribution is 7.09. The summed E-state index contributed by atoms with van der Waals surface area (Å²) < 4.78 is 0. The van der Waals surface area contributed by atoms with E-state index in [4.69, 9.17) is 0 Å². The SMILES string of the molecule is CN(Cc1nccs1)C(=O)C1CC12CCNCC2. The molecule has 2 fully saturated rings. The van der Waals surface area contributed by atoms with Gasteiger partial charge in [0.2, 0.25) is 5.91 Å². The van der Waals surface area contributed by atoms with E-state index in [1.54, 1.807) is 17.5 Å². The zero-order valence-corrected chi connectivity index (χ0v) is 11.5. The Morgan fingerprint density at radius 2 is 2.39 bits per heavy atom. The van der Waals surface area contributed by atoms with Gasteiger partial charge in [0, 0.05) is 24.5 Å². The maximum atomic E-state index is 12.4. The summed E-state index contributed by atoms with van der Waals surface area (Å²) in [5.41, 5.74) is 0.333. The monoisotopic (exact) mass is 265 g/mol. The molecule has 98 valence electrons. The van der Waals surface area contributed by atoms with Gasteiger partial charge in [-0.05, 0) is 37.8 Å². The second kappa shape index (κ2) is 4.63. The predicted molar refractivity (Wildman–Crippen MR) is 71.2 cm³/mol. The Balaban J connectivity index is 1.58. The van der Waals surface area contributed by atoms with Crippen molar-refractivity contribution in [2.45, 2.75) is 25.8 Å². The minimum absolute atomic E-state index is 0.268. The van der Waals surface area contributed by atoms with E-state index < -0.39 is 0 Å². The fourth-order valence-corrected chi connectivity index (χ4v) is 3.72. The van der Waals surface area contributed by atoms with Gasteiger partial charge in [0.15, 0.2) is 0 Å². The number of rotatable bonds is 3. The molecule has 1 N–H and O–H groups in total. The second-order valence-electron chi connectivity index (χ2n) is 5.49. The van der Waals surface area contributed by atoms with Crippen LogP contribution in [0.1, 0.15) is 24.3 Å². The lowest BCUT2D eigenvalue weighted by Gasteiger charge is -2.24. The molecule has 2 aliphatic rings. The molecule has 1 amide bonds. The minimum Gasteiger partial charge on any atom is -0.339 e. The average molecular weight is 265 g/mol. The Hall–Kier alpha value is -0.940. The van der Waals surface area contributed by atoms with Crippen molar-refractivity contribution in [3.63, 3.8) is 0 Å². The number of hydrogen-bond acceptors (Lipinski definition) is 4. The first kappa shape index (κ1) is 12.1. The normalized spacial score (nSPS) is 25.1. The van der Waals surface area contributed by atoms with Crippen LogP contribution in [0.2, 0.25) is 0 Å². The fourth-order valence-electron chi connectivity index (χ4n) is 3.05. The fraction of sp³-hybridized carbons (Fsp3) is 0.692. The molecule has 0 radical (unpaired) electrons. The van der Waals surface area contributed by atoms with E-state index in [9.17, 15) is 4.79 Å². The van der Waals surface area contributed by atoms with Crippen LogP contribution in [-0.4, -0.2) is 35.9 Å². The highest BCUT2D eigenvalue weighted by Crippen LogP contribution is 2.59. The molecular formula is C13H19N3OS. The van der Waals surface area contributed by atoms with Crippen LogP contribution in [0.5, 0.6) is 0 Å². The van der Waals surface area contributed by atoms with Crippen LogP contribution in [0, 0.1) is 11.3 Å². The van der Waals surface area contributed by atoms with E-state index in [-0.39, 0.29) is 5.92 Å². The van der Waals surface area contributed by atoms with Crippen molar-refractivity contribution in [1.29, 1.82) is 0 Å². The third-order valence-corrected chi connectivity index (χ3v) is 5.08. The lowest BCUT2D eigenvalue weighted by molar-refractivity contribution is -0.132. The standard InChI is InChI=1S/C13H19N3OS/c1-16(9-11-15-6-7-18-11)12(17)10-8-13(10)2-4-14-5-3-13/h6-7,10,14H,2-5,8-9H2,1H3. The molecule has 1 aliphatic heterocycles. The molecule has 18 heavy (non-hydrogen) atoms. The lowest BCUT2D eigenvalue weighted by Crippen LogP contribution is -2.34. The quantitative estimate of drug-likeness (QED) is 0.900.